The van der Waals surface area contributed by atoms with Gasteiger partial charge in [0.2, 0.25) is 0 Å². The lowest BCUT2D eigenvalue weighted by Gasteiger charge is -2.18. The number of hydrogen-bond donors (Lipinski definition) is 0. The molecule has 0 aliphatic carbocycles. The van der Waals surface area contributed by atoms with Gasteiger partial charge in [0.15, 0.2) is 14.5 Å². The van der Waals surface area contributed by atoms with Crippen molar-refractivity contribution in [1.29, 1.82) is 0 Å². The largest absolute Gasteiger partial charge is 0.372 e. The fraction of sp³-hybridized carbons (Fsp3) is 0.333. The predicted octanol–water partition coefficient (Wildman–Crippen LogP) is 3.85. The first-order chi connectivity index (χ1) is 10.3. The Kier molecular flexibility index (Phi) is 7.23. The molecule has 0 unspecified atom stereocenters. The summed E-state index contributed by atoms with van der Waals surface area (Å²) in [6.07, 6.45) is 5.50. The Morgan fingerprint density at radius 3 is 2.14 bits per heavy atom. The molecule has 0 saturated heterocycles. The van der Waals surface area contributed by atoms with Crippen LogP contribution in [0.2, 0.25) is 0 Å². The van der Waals surface area contributed by atoms with Gasteiger partial charge >= 0.3 is 7.60 Å². The summed E-state index contributed by atoms with van der Waals surface area (Å²) in [7, 11) is -7.58. The second-order valence-corrected chi connectivity index (χ2v) is 8.66. The Morgan fingerprint density at radius 2 is 1.68 bits per heavy atom. The van der Waals surface area contributed by atoms with Crippen LogP contribution >= 0.6 is 7.60 Å². The normalized spacial score (nSPS) is 13.7. The molecular formula is C15H21O5PS. The van der Waals surface area contributed by atoms with Gasteiger partial charge in [0, 0.05) is 6.26 Å². The number of hydrogen-bond acceptors (Lipinski definition) is 5. The summed E-state index contributed by atoms with van der Waals surface area (Å²) in [6, 6.07) is 9.36. The van der Waals surface area contributed by atoms with Crippen molar-refractivity contribution < 1.29 is 22.0 Å². The van der Waals surface area contributed by atoms with Crippen LogP contribution in [0.5, 0.6) is 0 Å². The molecule has 1 aromatic rings. The van der Waals surface area contributed by atoms with Crippen molar-refractivity contribution in [3.8, 4) is 0 Å². The van der Waals surface area contributed by atoms with E-state index in [9.17, 15) is 13.0 Å². The minimum atomic E-state index is -3.85. The van der Waals surface area contributed by atoms with Crippen LogP contribution in [-0.4, -0.2) is 27.9 Å². The SMILES string of the molecule is CCOP(=O)(OCC)/C(=C/C=C/c1ccccc1)S(C)(=O)=O. The zero-order valence-electron chi connectivity index (χ0n) is 12.9. The molecule has 0 atom stereocenters. The molecular weight excluding hydrogens is 323 g/mol. The van der Waals surface area contributed by atoms with E-state index in [1.807, 2.05) is 30.3 Å². The molecule has 0 N–H and O–H groups in total. The quantitative estimate of drug-likeness (QED) is 0.529. The van der Waals surface area contributed by atoms with Gasteiger partial charge in [0.25, 0.3) is 0 Å². The molecule has 0 heterocycles. The molecule has 7 heteroatoms. The zero-order chi connectivity index (χ0) is 16.6. The number of sulfone groups is 1. The summed E-state index contributed by atoms with van der Waals surface area (Å²) >= 11 is 0. The van der Waals surface area contributed by atoms with E-state index in [0.29, 0.717) is 0 Å². The molecule has 0 amide bonds. The first kappa shape index (κ1) is 18.8. The molecule has 0 radical (unpaired) electrons. The third kappa shape index (κ3) is 5.54. The molecule has 1 aromatic carbocycles. The van der Waals surface area contributed by atoms with Crippen LogP contribution in [0.3, 0.4) is 0 Å². The van der Waals surface area contributed by atoms with E-state index < -0.39 is 17.4 Å². The van der Waals surface area contributed by atoms with Crippen LogP contribution in [0.25, 0.3) is 6.08 Å². The van der Waals surface area contributed by atoms with E-state index in [1.165, 1.54) is 12.2 Å². The summed E-state index contributed by atoms with van der Waals surface area (Å²) in [6.45, 7) is 3.44. The lowest BCUT2D eigenvalue weighted by molar-refractivity contribution is 0.228. The minimum absolute atomic E-state index is 0.0898. The van der Waals surface area contributed by atoms with E-state index in [-0.39, 0.29) is 17.9 Å². The fourth-order valence-electron chi connectivity index (χ4n) is 1.73. The maximum Gasteiger partial charge on any atom is 0.372 e. The van der Waals surface area contributed by atoms with Gasteiger partial charge in [-0.05, 0) is 25.5 Å². The van der Waals surface area contributed by atoms with Gasteiger partial charge in [-0.15, -0.1) is 0 Å². The first-order valence-electron chi connectivity index (χ1n) is 6.86. The lowest BCUT2D eigenvalue weighted by atomic mass is 10.2. The van der Waals surface area contributed by atoms with Crippen LogP contribution in [-0.2, 0) is 23.4 Å². The van der Waals surface area contributed by atoms with Crippen molar-refractivity contribution in [2.45, 2.75) is 13.8 Å². The maximum atomic E-state index is 12.7. The van der Waals surface area contributed by atoms with E-state index in [1.54, 1.807) is 19.9 Å². The van der Waals surface area contributed by atoms with E-state index in [2.05, 4.69) is 0 Å². The lowest BCUT2D eigenvalue weighted by Crippen LogP contribution is -2.07. The molecule has 122 valence electrons. The highest BCUT2D eigenvalue weighted by Gasteiger charge is 2.36. The van der Waals surface area contributed by atoms with E-state index >= 15 is 0 Å². The summed E-state index contributed by atoms with van der Waals surface area (Å²) < 4.78 is 46.4. The molecule has 0 spiro atoms. The first-order valence-corrected chi connectivity index (χ1v) is 10.3. The number of benzene rings is 1. The third-order valence-corrected chi connectivity index (χ3v) is 7.02. The van der Waals surface area contributed by atoms with Gasteiger partial charge in [-0.1, -0.05) is 42.5 Å². The highest BCUT2D eigenvalue weighted by atomic mass is 32.2. The maximum absolute atomic E-state index is 12.7. The molecule has 0 aliphatic rings. The Hall–Kier alpha value is -1.20. The average Bonchev–Trinajstić information content (AvgIpc) is 2.43. The van der Waals surface area contributed by atoms with Crippen LogP contribution in [0.15, 0.2) is 47.1 Å². The standard InChI is InChI=1S/C15H21O5PS/c1-4-19-21(16,20-5-2)15(22(3,17)18)13-9-12-14-10-7-6-8-11-14/h6-13H,4-5H2,1-3H3/b12-9+,15-13-. The van der Waals surface area contributed by atoms with Crippen LogP contribution in [0.4, 0.5) is 0 Å². The van der Waals surface area contributed by atoms with Crippen LogP contribution < -0.4 is 0 Å². The van der Waals surface area contributed by atoms with Gasteiger partial charge in [-0.3, -0.25) is 4.57 Å². The van der Waals surface area contributed by atoms with Gasteiger partial charge in [-0.25, -0.2) is 8.42 Å². The van der Waals surface area contributed by atoms with Crippen molar-refractivity contribution >= 4 is 23.5 Å². The average molecular weight is 344 g/mol. The smallest absolute Gasteiger partial charge is 0.305 e. The van der Waals surface area contributed by atoms with Gasteiger partial charge < -0.3 is 9.05 Å². The van der Waals surface area contributed by atoms with Crippen molar-refractivity contribution in [1.82, 2.24) is 0 Å². The van der Waals surface area contributed by atoms with E-state index in [0.717, 1.165) is 11.8 Å². The predicted molar refractivity (Wildman–Crippen MR) is 89.3 cm³/mol. The highest BCUT2D eigenvalue weighted by Crippen LogP contribution is 2.57. The zero-order valence-corrected chi connectivity index (χ0v) is 14.6. The second kappa shape index (κ2) is 8.44. The minimum Gasteiger partial charge on any atom is -0.305 e. The summed E-state index contributed by atoms with van der Waals surface area (Å²) in [5.74, 6) is 0. The molecule has 0 bridgehead atoms. The number of allylic oxidation sites excluding steroid dienone is 2. The Bertz CT molecular complexity index is 667. The van der Waals surface area contributed by atoms with Crippen LogP contribution in [0, 0.1) is 0 Å². The summed E-state index contributed by atoms with van der Waals surface area (Å²) in [4.78, 5) is 0. The summed E-state index contributed by atoms with van der Waals surface area (Å²) in [5, 5.41) is 0. The Morgan fingerprint density at radius 1 is 1.14 bits per heavy atom. The highest BCUT2D eigenvalue weighted by molar-refractivity contribution is 8.02. The monoisotopic (exact) mass is 344 g/mol. The van der Waals surface area contributed by atoms with Crippen LogP contribution in [0.1, 0.15) is 19.4 Å². The van der Waals surface area contributed by atoms with Crippen molar-refractivity contribution in [3.05, 3.63) is 52.7 Å². The van der Waals surface area contributed by atoms with Gasteiger partial charge in [0.05, 0.1) is 13.2 Å². The van der Waals surface area contributed by atoms with Crippen molar-refractivity contribution in [2.75, 3.05) is 19.5 Å². The molecule has 0 aromatic heterocycles. The van der Waals surface area contributed by atoms with Crippen molar-refractivity contribution in [3.63, 3.8) is 0 Å². The summed E-state index contributed by atoms with van der Waals surface area (Å²) in [5.41, 5.74) is 0.897. The van der Waals surface area contributed by atoms with Gasteiger partial charge in [-0.2, -0.15) is 0 Å². The van der Waals surface area contributed by atoms with Gasteiger partial charge in [0.1, 0.15) is 0 Å². The van der Waals surface area contributed by atoms with Crippen molar-refractivity contribution in [2.24, 2.45) is 0 Å². The second-order valence-electron chi connectivity index (χ2n) is 4.38. The molecule has 5 nitrogen and oxygen atoms in total. The molecule has 0 aliphatic heterocycles. The molecule has 22 heavy (non-hydrogen) atoms. The fourth-order valence-corrected chi connectivity index (χ4v) is 5.27. The Labute approximate surface area is 132 Å². The topological polar surface area (TPSA) is 69.7 Å². The Balaban J connectivity index is 3.20. The number of rotatable bonds is 8. The van der Waals surface area contributed by atoms with E-state index in [4.69, 9.17) is 9.05 Å². The molecule has 0 fully saturated rings. The molecule has 0 saturated carbocycles. The third-order valence-electron chi connectivity index (χ3n) is 2.57. The molecule has 1 rings (SSSR count).